The fourth-order valence-corrected chi connectivity index (χ4v) is 6.86. The van der Waals surface area contributed by atoms with Crippen LogP contribution >= 0.6 is 0 Å². The van der Waals surface area contributed by atoms with E-state index in [1.165, 1.54) is 70.9 Å². The molecule has 0 radical (unpaired) electrons. The number of hydrogen-bond donors (Lipinski definition) is 0. The lowest BCUT2D eigenvalue weighted by molar-refractivity contribution is 0.487. The van der Waals surface area contributed by atoms with Crippen molar-refractivity contribution < 1.29 is 4.74 Å². The second kappa shape index (κ2) is 8.55. The molecule has 0 aromatic heterocycles. The lowest BCUT2D eigenvalue weighted by atomic mass is 9.85. The number of fused-ring (bicyclic) bond motifs is 6. The molecule has 190 valence electrons. The summed E-state index contributed by atoms with van der Waals surface area (Å²) in [5.74, 6) is 1.83. The highest BCUT2D eigenvalue weighted by atomic mass is 16.5. The monoisotopic (exact) mass is 520 g/mol. The van der Waals surface area contributed by atoms with Crippen molar-refractivity contribution in [3.63, 3.8) is 0 Å². The molecule has 1 heteroatoms. The smallest absolute Gasteiger partial charge is 0.135 e. The first-order chi connectivity index (χ1) is 20.3. The molecule has 41 heavy (non-hydrogen) atoms. The molecule has 0 atom stereocenters. The van der Waals surface area contributed by atoms with E-state index in [2.05, 4.69) is 140 Å². The van der Waals surface area contributed by atoms with Crippen molar-refractivity contribution in [2.45, 2.75) is 0 Å². The molecule has 0 fully saturated rings. The molecule has 0 bridgehead atoms. The van der Waals surface area contributed by atoms with Gasteiger partial charge < -0.3 is 4.74 Å². The van der Waals surface area contributed by atoms with Crippen LogP contribution in [0.5, 0.6) is 11.5 Å². The number of rotatable bonds is 2. The van der Waals surface area contributed by atoms with Gasteiger partial charge in [-0.05, 0) is 83.7 Å². The summed E-state index contributed by atoms with van der Waals surface area (Å²) in [5.41, 5.74) is 7.37. The van der Waals surface area contributed by atoms with Crippen LogP contribution in [0.4, 0.5) is 0 Å². The van der Waals surface area contributed by atoms with Crippen LogP contribution in [0.1, 0.15) is 0 Å². The highest BCUT2D eigenvalue weighted by Crippen LogP contribution is 2.50. The standard InChI is InChI=1S/C40H24O/c1-2-10-25(11-3-1)27-15-8-16-29-30(27)20-21-35-36(29)24-26-12-4-5-13-28(26)39(35)34-23-22-33-31-14-6-7-18-37(31)41-38-19-9-17-32(34)40(33)38/h1-24H. The van der Waals surface area contributed by atoms with Crippen LogP contribution in [0.15, 0.2) is 146 Å². The van der Waals surface area contributed by atoms with E-state index in [1.807, 2.05) is 6.07 Å². The van der Waals surface area contributed by atoms with Gasteiger partial charge >= 0.3 is 0 Å². The van der Waals surface area contributed by atoms with Gasteiger partial charge in [-0.2, -0.15) is 0 Å². The molecule has 1 nitrogen and oxygen atoms in total. The van der Waals surface area contributed by atoms with Crippen LogP contribution in [-0.2, 0) is 0 Å². The molecule has 0 N–H and O–H groups in total. The maximum absolute atomic E-state index is 6.43. The van der Waals surface area contributed by atoms with Crippen LogP contribution in [0.25, 0.3) is 76.5 Å². The largest absolute Gasteiger partial charge is 0.456 e. The van der Waals surface area contributed by atoms with Crippen LogP contribution < -0.4 is 4.74 Å². The molecular weight excluding hydrogens is 496 g/mol. The van der Waals surface area contributed by atoms with E-state index in [0.717, 1.165) is 17.1 Å². The molecular formula is C40H24O. The molecule has 1 aliphatic rings. The Morgan fingerprint density at radius 1 is 0.341 bits per heavy atom. The Hall–Kier alpha value is -5.40. The highest BCUT2D eigenvalue weighted by Gasteiger charge is 2.23. The number of hydrogen-bond acceptors (Lipinski definition) is 1. The minimum Gasteiger partial charge on any atom is -0.456 e. The Kier molecular flexibility index (Phi) is 4.67. The number of ether oxygens (including phenoxy) is 1. The zero-order valence-electron chi connectivity index (χ0n) is 22.3. The SMILES string of the molecule is c1ccc(-c2cccc3c2ccc2c(-c4ccc5c6c(cccc46)Oc4ccccc4-5)c4ccccc4cc23)cc1. The maximum atomic E-state index is 6.43. The molecule has 8 aromatic rings. The molecule has 0 saturated carbocycles. The fraction of sp³-hybridized carbons (Fsp3) is 0. The Bertz CT molecular complexity index is 2330. The summed E-state index contributed by atoms with van der Waals surface area (Å²) in [5, 5.41) is 9.98. The van der Waals surface area contributed by atoms with Gasteiger partial charge in [0.2, 0.25) is 0 Å². The van der Waals surface area contributed by atoms with E-state index in [1.54, 1.807) is 0 Å². The third kappa shape index (κ3) is 3.24. The zero-order chi connectivity index (χ0) is 26.9. The average Bonchev–Trinajstić information content (AvgIpc) is 3.04. The molecule has 0 saturated heterocycles. The Morgan fingerprint density at radius 3 is 1.98 bits per heavy atom. The fourth-order valence-electron chi connectivity index (χ4n) is 6.86. The summed E-state index contributed by atoms with van der Waals surface area (Å²) < 4.78 is 6.43. The van der Waals surface area contributed by atoms with Gasteiger partial charge in [0.05, 0.1) is 0 Å². The van der Waals surface area contributed by atoms with Gasteiger partial charge in [0.15, 0.2) is 0 Å². The van der Waals surface area contributed by atoms with Crippen LogP contribution in [0, 0.1) is 0 Å². The van der Waals surface area contributed by atoms with Crippen molar-refractivity contribution in [1.82, 2.24) is 0 Å². The highest BCUT2D eigenvalue weighted by molar-refractivity contribution is 6.24. The molecule has 0 aliphatic carbocycles. The van der Waals surface area contributed by atoms with E-state index in [-0.39, 0.29) is 0 Å². The van der Waals surface area contributed by atoms with Crippen molar-refractivity contribution in [3.05, 3.63) is 146 Å². The quantitative estimate of drug-likeness (QED) is 0.163. The van der Waals surface area contributed by atoms with Gasteiger partial charge in [0, 0.05) is 10.9 Å². The lowest BCUT2D eigenvalue weighted by Gasteiger charge is -2.23. The predicted octanol–water partition coefficient (Wildman–Crippen LogP) is 11.4. The molecule has 1 heterocycles. The molecule has 9 rings (SSSR count). The van der Waals surface area contributed by atoms with Gasteiger partial charge in [-0.3, -0.25) is 0 Å². The summed E-state index contributed by atoms with van der Waals surface area (Å²) in [6.45, 7) is 0. The molecule has 8 aromatic carbocycles. The van der Waals surface area contributed by atoms with E-state index >= 15 is 0 Å². The van der Waals surface area contributed by atoms with Crippen LogP contribution in [0.3, 0.4) is 0 Å². The van der Waals surface area contributed by atoms with E-state index in [4.69, 9.17) is 4.74 Å². The molecule has 0 unspecified atom stereocenters. The van der Waals surface area contributed by atoms with Gasteiger partial charge in [0.1, 0.15) is 11.5 Å². The van der Waals surface area contributed by atoms with Crippen molar-refractivity contribution in [1.29, 1.82) is 0 Å². The summed E-state index contributed by atoms with van der Waals surface area (Å²) >= 11 is 0. The Balaban J connectivity index is 1.40. The van der Waals surface area contributed by atoms with E-state index < -0.39 is 0 Å². The topological polar surface area (TPSA) is 9.23 Å². The molecule has 0 amide bonds. The van der Waals surface area contributed by atoms with Crippen molar-refractivity contribution in [3.8, 4) is 44.9 Å². The number of benzene rings is 8. The van der Waals surface area contributed by atoms with Crippen LogP contribution in [-0.4, -0.2) is 0 Å². The summed E-state index contributed by atoms with van der Waals surface area (Å²) in [6.07, 6.45) is 0. The van der Waals surface area contributed by atoms with E-state index in [9.17, 15) is 0 Å². The van der Waals surface area contributed by atoms with Gasteiger partial charge in [-0.1, -0.05) is 127 Å². The Labute approximate surface area is 237 Å². The molecule has 0 spiro atoms. The normalized spacial score (nSPS) is 12.1. The molecule has 1 aliphatic heterocycles. The minimum atomic E-state index is 0.913. The summed E-state index contributed by atoms with van der Waals surface area (Å²) in [4.78, 5) is 0. The van der Waals surface area contributed by atoms with Gasteiger partial charge in [0.25, 0.3) is 0 Å². The first kappa shape index (κ1) is 22.4. The zero-order valence-corrected chi connectivity index (χ0v) is 22.3. The van der Waals surface area contributed by atoms with Crippen LogP contribution in [0.2, 0.25) is 0 Å². The summed E-state index contributed by atoms with van der Waals surface area (Å²) in [7, 11) is 0. The minimum absolute atomic E-state index is 0.913. The first-order valence-electron chi connectivity index (χ1n) is 14.1. The maximum Gasteiger partial charge on any atom is 0.135 e. The predicted molar refractivity (Wildman–Crippen MR) is 173 cm³/mol. The van der Waals surface area contributed by atoms with Gasteiger partial charge in [-0.15, -0.1) is 0 Å². The van der Waals surface area contributed by atoms with E-state index in [0.29, 0.717) is 0 Å². The second-order valence-electron chi connectivity index (χ2n) is 10.8. The van der Waals surface area contributed by atoms with Gasteiger partial charge in [-0.25, -0.2) is 0 Å². The third-order valence-electron chi connectivity index (χ3n) is 8.66. The van der Waals surface area contributed by atoms with Crippen molar-refractivity contribution in [2.24, 2.45) is 0 Å². The third-order valence-corrected chi connectivity index (χ3v) is 8.66. The Morgan fingerprint density at radius 2 is 1.02 bits per heavy atom. The second-order valence-corrected chi connectivity index (χ2v) is 10.8. The summed E-state index contributed by atoms with van der Waals surface area (Å²) in [6, 6.07) is 52.6. The van der Waals surface area contributed by atoms with Crippen molar-refractivity contribution in [2.75, 3.05) is 0 Å². The lowest BCUT2D eigenvalue weighted by Crippen LogP contribution is -1.98. The average molecular weight is 521 g/mol. The van der Waals surface area contributed by atoms with Crippen molar-refractivity contribution >= 4 is 43.1 Å². The first-order valence-corrected chi connectivity index (χ1v) is 14.1. The number of para-hydroxylation sites is 1.